The molecule has 2 aromatic carbocycles. The van der Waals surface area contributed by atoms with Gasteiger partial charge in [-0.2, -0.15) is 10.2 Å². The van der Waals surface area contributed by atoms with Crippen molar-refractivity contribution in [2.24, 2.45) is 18.1 Å². The van der Waals surface area contributed by atoms with E-state index >= 15 is 0 Å². The normalized spacial score (nSPS) is 19.5. The van der Waals surface area contributed by atoms with Crippen molar-refractivity contribution in [1.82, 2.24) is 15.2 Å². The number of hydrazone groups is 1. The van der Waals surface area contributed by atoms with Gasteiger partial charge in [-0.3, -0.25) is 10.1 Å². The first-order valence-corrected chi connectivity index (χ1v) is 11.1. The highest BCUT2D eigenvalue weighted by Crippen LogP contribution is 2.43. The zero-order valence-electron chi connectivity index (χ0n) is 18.7. The molecule has 3 aromatic rings. The molecule has 2 aliphatic rings. The Morgan fingerprint density at radius 1 is 1.03 bits per heavy atom. The number of nitrogens with one attached hydrogen (secondary N) is 1. The number of fused-ring (bicyclic) bond motifs is 3. The first kappa shape index (κ1) is 21.2. The van der Waals surface area contributed by atoms with Gasteiger partial charge in [0, 0.05) is 42.0 Å². The van der Waals surface area contributed by atoms with Crippen molar-refractivity contribution in [3.05, 3.63) is 59.9 Å². The average Bonchev–Trinajstić information content (AvgIpc) is 3.36. The predicted molar refractivity (Wildman–Crippen MR) is 130 cm³/mol. The molecule has 2 atom stereocenters. The van der Waals surface area contributed by atoms with Gasteiger partial charge >= 0.3 is 0 Å². The highest BCUT2D eigenvalue weighted by Gasteiger charge is 2.37. The van der Waals surface area contributed by atoms with E-state index < -0.39 is 0 Å². The van der Waals surface area contributed by atoms with Gasteiger partial charge in [-0.15, -0.1) is 0 Å². The van der Waals surface area contributed by atoms with Crippen LogP contribution in [0.15, 0.2) is 60.0 Å². The molecule has 7 heteroatoms. The second-order valence-electron chi connectivity index (χ2n) is 7.77. The van der Waals surface area contributed by atoms with Crippen LogP contribution >= 0.6 is 11.6 Å². The third-order valence-electron chi connectivity index (χ3n) is 5.70. The van der Waals surface area contributed by atoms with Crippen molar-refractivity contribution >= 4 is 34.5 Å². The minimum atomic E-state index is 0.135. The van der Waals surface area contributed by atoms with E-state index in [0.717, 1.165) is 45.6 Å². The van der Waals surface area contributed by atoms with Crippen LogP contribution in [-0.2, 0) is 7.05 Å². The summed E-state index contributed by atoms with van der Waals surface area (Å²) >= 11 is 6.15. The molecule has 0 bridgehead atoms. The van der Waals surface area contributed by atoms with Gasteiger partial charge in [0.05, 0.1) is 17.6 Å². The number of rotatable bonds is 2. The second kappa shape index (κ2) is 8.63. The number of aryl methyl sites for hydroxylation is 1. The lowest BCUT2D eigenvalue weighted by Crippen LogP contribution is -2.45. The summed E-state index contributed by atoms with van der Waals surface area (Å²) in [5, 5.41) is 9.59. The molecule has 2 unspecified atom stereocenters. The van der Waals surface area contributed by atoms with E-state index in [1.54, 1.807) is 0 Å². The molecule has 0 radical (unpaired) electrons. The highest BCUT2D eigenvalue weighted by molar-refractivity contribution is 6.30. The number of aromatic nitrogens is 2. The molecule has 0 spiro atoms. The van der Waals surface area contributed by atoms with Crippen molar-refractivity contribution in [2.75, 3.05) is 16.3 Å². The SMILES string of the molecule is CC.CC1=NNC2C(C)CN(c3ccc(Cl)cc3)c3cc(-c4cnn(C)c4)ccc3N12. The van der Waals surface area contributed by atoms with Gasteiger partial charge in [0.1, 0.15) is 12.0 Å². The van der Waals surface area contributed by atoms with Crippen LogP contribution < -0.4 is 15.2 Å². The van der Waals surface area contributed by atoms with Crippen LogP contribution in [0, 0.1) is 5.92 Å². The molecule has 1 aromatic heterocycles. The first-order chi connectivity index (χ1) is 15.0. The van der Waals surface area contributed by atoms with Crippen LogP contribution in [0.25, 0.3) is 11.1 Å². The van der Waals surface area contributed by atoms with Gasteiger partial charge in [-0.05, 0) is 48.9 Å². The lowest BCUT2D eigenvalue weighted by atomic mass is 10.1. The summed E-state index contributed by atoms with van der Waals surface area (Å²) in [6.07, 6.45) is 4.08. The van der Waals surface area contributed by atoms with Crippen LogP contribution in [0.4, 0.5) is 17.1 Å². The van der Waals surface area contributed by atoms with E-state index in [9.17, 15) is 0 Å². The van der Waals surface area contributed by atoms with Gasteiger partial charge < -0.3 is 9.80 Å². The van der Waals surface area contributed by atoms with E-state index in [-0.39, 0.29) is 6.17 Å². The summed E-state index contributed by atoms with van der Waals surface area (Å²) in [6.45, 7) is 9.17. The molecule has 6 nitrogen and oxygen atoms in total. The molecule has 31 heavy (non-hydrogen) atoms. The van der Waals surface area contributed by atoms with Gasteiger partial charge in [0.15, 0.2) is 0 Å². The van der Waals surface area contributed by atoms with Crippen molar-refractivity contribution in [2.45, 2.75) is 33.9 Å². The molecular weight excluding hydrogens is 408 g/mol. The van der Waals surface area contributed by atoms with Gasteiger partial charge in [0.2, 0.25) is 0 Å². The number of hydrogen-bond donors (Lipinski definition) is 1. The molecule has 0 fully saturated rings. The fourth-order valence-corrected chi connectivity index (χ4v) is 4.35. The topological polar surface area (TPSA) is 48.7 Å². The molecule has 0 aliphatic carbocycles. The van der Waals surface area contributed by atoms with Crippen molar-refractivity contribution in [3.8, 4) is 11.1 Å². The number of anilines is 3. The van der Waals surface area contributed by atoms with E-state index in [0.29, 0.717) is 5.92 Å². The Morgan fingerprint density at radius 3 is 2.45 bits per heavy atom. The summed E-state index contributed by atoms with van der Waals surface area (Å²) in [7, 11) is 1.94. The average molecular weight is 437 g/mol. The number of nitrogens with zero attached hydrogens (tertiary/aromatic N) is 5. The third kappa shape index (κ3) is 3.88. The van der Waals surface area contributed by atoms with E-state index in [4.69, 9.17) is 11.6 Å². The zero-order valence-corrected chi connectivity index (χ0v) is 19.4. The Hall–Kier alpha value is -2.99. The second-order valence-corrected chi connectivity index (χ2v) is 8.21. The van der Waals surface area contributed by atoms with Crippen molar-refractivity contribution in [1.29, 1.82) is 0 Å². The Morgan fingerprint density at radius 2 is 1.77 bits per heavy atom. The van der Waals surface area contributed by atoms with E-state index in [1.165, 1.54) is 0 Å². The molecule has 5 rings (SSSR count). The maximum Gasteiger partial charge on any atom is 0.127 e. The van der Waals surface area contributed by atoms with Crippen molar-refractivity contribution < 1.29 is 0 Å². The predicted octanol–water partition coefficient (Wildman–Crippen LogP) is 5.62. The van der Waals surface area contributed by atoms with Gasteiger partial charge in [-0.25, -0.2) is 0 Å². The quantitative estimate of drug-likeness (QED) is 0.566. The standard InChI is InChI=1S/C22H23ClN6.C2H6/c1-14-12-28(19-7-5-18(23)6-8-19)21-10-16(17-11-24-27(3)13-17)4-9-20(21)29-15(2)25-26-22(14)29;1-2/h4-11,13-14,22,26H,12H2,1-3H3;1-2H3. The molecule has 162 valence electrons. The summed E-state index contributed by atoms with van der Waals surface area (Å²) in [5.74, 6) is 1.33. The minimum Gasteiger partial charge on any atom is -0.339 e. The maximum absolute atomic E-state index is 6.15. The Bertz CT molecular complexity index is 1090. The Kier molecular flexibility index (Phi) is 5.92. The van der Waals surface area contributed by atoms with E-state index in [1.807, 2.05) is 50.1 Å². The van der Waals surface area contributed by atoms with Crippen LogP contribution in [-0.4, -0.2) is 28.3 Å². The zero-order chi connectivity index (χ0) is 22.1. The summed E-state index contributed by atoms with van der Waals surface area (Å²) in [5.41, 5.74) is 8.99. The first-order valence-electron chi connectivity index (χ1n) is 10.8. The fourth-order valence-electron chi connectivity index (χ4n) is 4.22. The van der Waals surface area contributed by atoms with Crippen LogP contribution in [0.1, 0.15) is 27.7 Å². The lowest BCUT2D eigenvalue weighted by Gasteiger charge is -2.28. The largest absolute Gasteiger partial charge is 0.339 e. The molecule has 0 amide bonds. The van der Waals surface area contributed by atoms with Crippen LogP contribution in [0.2, 0.25) is 5.02 Å². The summed E-state index contributed by atoms with van der Waals surface area (Å²) in [4.78, 5) is 4.69. The number of halogens is 1. The molecule has 1 N–H and O–H groups in total. The maximum atomic E-state index is 6.15. The molecular formula is C24H29ClN6. The van der Waals surface area contributed by atoms with Gasteiger partial charge in [0.25, 0.3) is 0 Å². The summed E-state index contributed by atoms with van der Waals surface area (Å²) in [6, 6.07) is 14.7. The minimum absolute atomic E-state index is 0.135. The van der Waals surface area contributed by atoms with Gasteiger partial charge in [-0.1, -0.05) is 38.4 Å². The Balaban J connectivity index is 0.00000112. The highest BCUT2D eigenvalue weighted by atomic mass is 35.5. The Labute approximate surface area is 189 Å². The molecule has 0 saturated carbocycles. The monoisotopic (exact) mass is 436 g/mol. The van der Waals surface area contributed by atoms with Crippen LogP contribution in [0.5, 0.6) is 0 Å². The smallest absolute Gasteiger partial charge is 0.127 e. The van der Waals surface area contributed by atoms with Crippen LogP contribution in [0.3, 0.4) is 0 Å². The van der Waals surface area contributed by atoms with E-state index in [2.05, 4.69) is 69.6 Å². The number of amidine groups is 1. The lowest BCUT2D eigenvalue weighted by molar-refractivity contribution is 0.425. The molecule has 3 heterocycles. The number of benzene rings is 2. The molecule has 2 aliphatic heterocycles. The third-order valence-corrected chi connectivity index (χ3v) is 5.95. The number of hydrogen-bond acceptors (Lipinski definition) is 5. The molecule has 0 saturated heterocycles. The fraction of sp³-hybridized carbons (Fsp3) is 0.333. The summed E-state index contributed by atoms with van der Waals surface area (Å²) < 4.78 is 1.83. The van der Waals surface area contributed by atoms with Crippen molar-refractivity contribution in [3.63, 3.8) is 0 Å².